The second-order valence-corrected chi connectivity index (χ2v) is 8.46. The van der Waals surface area contributed by atoms with Crippen molar-refractivity contribution in [1.29, 1.82) is 0 Å². The number of sulfone groups is 1. The van der Waals surface area contributed by atoms with Gasteiger partial charge in [0, 0.05) is 5.33 Å². The van der Waals surface area contributed by atoms with E-state index in [2.05, 4.69) is 22.9 Å². The lowest BCUT2D eigenvalue weighted by atomic mass is 10.1. The second kappa shape index (κ2) is 5.50. The van der Waals surface area contributed by atoms with Crippen molar-refractivity contribution >= 4 is 25.8 Å². The van der Waals surface area contributed by atoms with Crippen LogP contribution in [-0.2, 0) is 9.84 Å². The number of hydrogen-bond acceptors (Lipinski definition) is 2. The molecule has 0 N–H and O–H groups in total. The van der Waals surface area contributed by atoms with Crippen molar-refractivity contribution in [2.45, 2.75) is 45.3 Å². The minimum atomic E-state index is -2.93. The highest BCUT2D eigenvalue weighted by Gasteiger charge is 2.28. The van der Waals surface area contributed by atoms with E-state index < -0.39 is 14.6 Å². The maximum Gasteiger partial charge on any atom is 0.155 e. The molecule has 0 bridgehead atoms. The molecule has 4 heteroatoms. The smallest absolute Gasteiger partial charge is 0.155 e. The van der Waals surface area contributed by atoms with Crippen LogP contribution in [0.1, 0.15) is 40.5 Å². The molecule has 0 aliphatic heterocycles. The van der Waals surface area contributed by atoms with E-state index in [0.29, 0.717) is 11.7 Å². The Balaban J connectivity index is 4.14. The van der Waals surface area contributed by atoms with Crippen molar-refractivity contribution in [2.24, 2.45) is 5.92 Å². The molecule has 0 aliphatic carbocycles. The summed E-state index contributed by atoms with van der Waals surface area (Å²) in [4.78, 5) is 0. The summed E-state index contributed by atoms with van der Waals surface area (Å²) in [5, 5.41) is 0.948. The van der Waals surface area contributed by atoms with E-state index in [9.17, 15) is 8.42 Å². The molecule has 0 aliphatic rings. The first-order chi connectivity index (χ1) is 6.20. The Labute approximate surface area is 96.5 Å². The highest BCUT2D eigenvalue weighted by atomic mass is 79.9. The van der Waals surface area contributed by atoms with E-state index in [0.717, 1.165) is 18.2 Å². The van der Waals surface area contributed by atoms with Crippen molar-refractivity contribution in [3.8, 4) is 0 Å². The summed E-state index contributed by atoms with van der Waals surface area (Å²) >= 11 is 3.36. The Bertz CT molecular complexity index is 252. The van der Waals surface area contributed by atoms with Gasteiger partial charge in [0.1, 0.15) is 0 Å². The van der Waals surface area contributed by atoms with Crippen molar-refractivity contribution in [2.75, 3.05) is 11.1 Å². The van der Waals surface area contributed by atoms with Gasteiger partial charge in [0.05, 0.1) is 10.5 Å². The summed E-state index contributed by atoms with van der Waals surface area (Å²) in [5.74, 6) is 0.788. The topological polar surface area (TPSA) is 34.1 Å². The molecule has 0 saturated heterocycles. The monoisotopic (exact) mass is 284 g/mol. The standard InChI is InChI=1S/C10H21BrO2S/c1-9(5-7-11)6-8-14(12,13)10(2,3)4/h9H,5-8H2,1-4H3. The highest BCUT2D eigenvalue weighted by molar-refractivity contribution is 9.09. The quantitative estimate of drug-likeness (QED) is 0.728. The van der Waals surface area contributed by atoms with Crippen LogP contribution in [0.25, 0.3) is 0 Å². The summed E-state index contributed by atoms with van der Waals surface area (Å²) < 4.78 is 22.9. The number of rotatable bonds is 5. The molecule has 14 heavy (non-hydrogen) atoms. The van der Waals surface area contributed by atoms with Gasteiger partial charge in [-0.1, -0.05) is 22.9 Å². The Morgan fingerprint density at radius 1 is 1.21 bits per heavy atom. The van der Waals surface area contributed by atoms with Gasteiger partial charge >= 0.3 is 0 Å². The van der Waals surface area contributed by atoms with Gasteiger partial charge in [-0.3, -0.25) is 0 Å². The molecular formula is C10H21BrO2S. The van der Waals surface area contributed by atoms with E-state index >= 15 is 0 Å². The van der Waals surface area contributed by atoms with Crippen LogP contribution in [0.2, 0.25) is 0 Å². The lowest BCUT2D eigenvalue weighted by Crippen LogP contribution is -2.31. The predicted octanol–water partition coefficient (Wildman–Crippen LogP) is 3.01. The van der Waals surface area contributed by atoms with Crippen LogP contribution in [0, 0.1) is 5.92 Å². The van der Waals surface area contributed by atoms with Crippen LogP contribution in [0.5, 0.6) is 0 Å². The summed E-state index contributed by atoms with van der Waals surface area (Å²) in [7, 11) is -2.93. The maximum absolute atomic E-state index is 11.7. The van der Waals surface area contributed by atoms with Gasteiger partial charge in [-0.25, -0.2) is 8.42 Å². The van der Waals surface area contributed by atoms with E-state index in [1.165, 1.54) is 0 Å². The summed E-state index contributed by atoms with van der Waals surface area (Å²) in [6, 6.07) is 0. The van der Waals surface area contributed by atoms with E-state index in [1.54, 1.807) is 20.8 Å². The fourth-order valence-electron chi connectivity index (χ4n) is 0.993. The van der Waals surface area contributed by atoms with Crippen molar-refractivity contribution < 1.29 is 8.42 Å². The molecule has 0 fully saturated rings. The van der Waals surface area contributed by atoms with Crippen LogP contribution in [0.15, 0.2) is 0 Å². The molecule has 0 heterocycles. The largest absolute Gasteiger partial charge is 0.228 e. The normalized spacial score (nSPS) is 15.5. The maximum atomic E-state index is 11.7. The lowest BCUT2D eigenvalue weighted by molar-refractivity contribution is 0.522. The third-order valence-electron chi connectivity index (χ3n) is 2.41. The summed E-state index contributed by atoms with van der Waals surface area (Å²) in [5.41, 5.74) is 0. The molecule has 1 unspecified atom stereocenters. The van der Waals surface area contributed by atoms with E-state index in [4.69, 9.17) is 0 Å². The third kappa shape index (κ3) is 4.78. The Morgan fingerprint density at radius 2 is 1.71 bits per heavy atom. The van der Waals surface area contributed by atoms with E-state index in [-0.39, 0.29) is 0 Å². The molecule has 0 saturated carbocycles. The molecule has 0 aromatic carbocycles. The van der Waals surface area contributed by atoms with Gasteiger partial charge in [-0.05, 0) is 39.5 Å². The van der Waals surface area contributed by atoms with Gasteiger partial charge in [0.25, 0.3) is 0 Å². The number of hydrogen-bond donors (Lipinski definition) is 0. The molecule has 0 amide bonds. The number of halogens is 1. The molecule has 0 rings (SSSR count). The molecule has 2 nitrogen and oxygen atoms in total. The zero-order valence-electron chi connectivity index (χ0n) is 9.51. The average Bonchev–Trinajstić information content (AvgIpc) is 1.99. The third-order valence-corrected chi connectivity index (χ3v) is 5.51. The minimum Gasteiger partial charge on any atom is -0.228 e. The predicted molar refractivity (Wildman–Crippen MR) is 65.7 cm³/mol. The van der Waals surface area contributed by atoms with Gasteiger partial charge < -0.3 is 0 Å². The fraction of sp³-hybridized carbons (Fsp3) is 1.00. The van der Waals surface area contributed by atoms with Crippen molar-refractivity contribution in [1.82, 2.24) is 0 Å². The molecule has 0 radical (unpaired) electrons. The lowest BCUT2D eigenvalue weighted by Gasteiger charge is -2.20. The zero-order valence-corrected chi connectivity index (χ0v) is 11.9. The minimum absolute atomic E-state index is 0.310. The SMILES string of the molecule is CC(CCBr)CCS(=O)(=O)C(C)(C)C. The average molecular weight is 285 g/mol. The Morgan fingerprint density at radius 3 is 2.07 bits per heavy atom. The Hall–Kier alpha value is 0.430. The first kappa shape index (κ1) is 14.4. The van der Waals surface area contributed by atoms with Gasteiger partial charge in [0.2, 0.25) is 0 Å². The van der Waals surface area contributed by atoms with Crippen LogP contribution in [-0.4, -0.2) is 24.2 Å². The van der Waals surface area contributed by atoms with E-state index in [1.807, 2.05) is 0 Å². The van der Waals surface area contributed by atoms with Crippen LogP contribution < -0.4 is 0 Å². The molecular weight excluding hydrogens is 264 g/mol. The van der Waals surface area contributed by atoms with Crippen LogP contribution in [0.3, 0.4) is 0 Å². The first-order valence-electron chi connectivity index (χ1n) is 4.99. The fourth-order valence-corrected chi connectivity index (χ4v) is 3.10. The highest BCUT2D eigenvalue weighted by Crippen LogP contribution is 2.19. The van der Waals surface area contributed by atoms with Gasteiger partial charge in [0.15, 0.2) is 9.84 Å². The van der Waals surface area contributed by atoms with Gasteiger partial charge in [-0.15, -0.1) is 0 Å². The van der Waals surface area contributed by atoms with Gasteiger partial charge in [-0.2, -0.15) is 0 Å². The second-order valence-electron chi connectivity index (χ2n) is 4.80. The zero-order chi connectivity index (χ0) is 11.4. The van der Waals surface area contributed by atoms with Crippen molar-refractivity contribution in [3.63, 3.8) is 0 Å². The summed E-state index contributed by atoms with van der Waals surface area (Å²) in [6.07, 6.45) is 1.81. The molecule has 0 aromatic rings. The molecule has 1 atom stereocenters. The first-order valence-corrected chi connectivity index (χ1v) is 7.76. The molecule has 0 aromatic heterocycles. The Kier molecular flexibility index (Phi) is 5.67. The van der Waals surface area contributed by atoms with Crippen LogP contribution in [0.4, 0.5) is 0 Å². The summed E-state index contributed by atoms with van der Waals surface area (Å²) in [6.45, 7) is 7.38. The van der Waals surface area contributed by atoms with Crippen molar-refractivity contribution in [3.05, 3.63) is 0 Å². The van der Waals surface area contributed by atoms with Crippen LogP contribution >= 0.6 is 15.9 Å². The number of alkyl halides is 1. The molecule has 86 valence electrons. The molecule has 0 spiro atoms.